The fraction of sp³-hybridized carbons (Fsp3) is 0.731. The number of thioether (sulfide) groups is 1. The van der Waals surface area contributed by atoms with Gasteiger partial charge in [0.05, 0.1) is 43.1 Å². The normalized spacial score (nSPS) is 13.3. The largest absolute Gasteiger partial charge is 0.382 e. The van der Waals surface area contributed by atoms with E-state index in [0.29, 0.717) is 43.8 Å². The molecular weight excluding hydrogens is 530 g/mol. The minimum atomic E-state index is -1.14. The third-order valence-corrected chi connectivity index (χ3v) is 7.42. The average molecular weight is 576 g/mol. The van der Waals surface area contributed by atoms with Crippen molar-refractivity contribution in [2.24, 2.45) is 17.3 Å². The van der Waals surface area contributed by atoms with Crippen molar-refractivity contribution in [2.75, 3.05) is 52.6 Å². The van der Waals surface area contributed by atoms with Crippen LogP contribution in [0.15, 0.2) is 21.7 Å². The summed E-state index contributed by atoms with van der Waals surface area (Å²) in [6.07, 6.45) is 0.331. The van der Waals surface area contributed by atoms with Crippen LogP contribution < -0.4 is 10.6 Å². The summed E-state index contributed by atoms with van der Waals surface area (Å²) in [6.45, 7) is 11.5. The number of carbonyl (C=O) groups is 3. The molecule has 12 heteroatoms. The maximum atomic E-state index is 13.4. The first kappa shape index (κ1) is 34.3. The molecule has 38 heavy (non-hydrogen) atoms. The van der Waals surface area contributed by atoms with Gasteiger partial charge in [-0.05, 0) is 29.2 Å². The Bertz CT molecular complexity index is 816. The fourth-order valence-corrected chi connectivity index (χ4v) is 5.28. The Morgan fingerprint density at radius 3 is 2.32 bits per heavy atom. The molecule has 3 amide bonds. The van der Waals surface area contributed by atoms with Crippen molar-refractivity contribution in [3.63, 3.8) is 0 Å². The number of methoxy groups -OCH3 is 1. The third kappa shape index (κ3) is 13.9. The lowest BCUT2D eigenvalue weighted by atomic mass is 9.84. The van der Waals surface area contributed by atoms with E-state index in [1.807, 2.05) is 31.4 Å². The number of carbonyl (C=O) groups excluding carboxylic acids is 3. The molecule has 218 valence electrons. The monoisotopic (exact) mass is 575 g/mol. The Morgan fingerprint density at radius 2 is 1.74 bits per heavy atom. The molecule has 0 aromatic carbocycles. The summed E-state index contributed by atoms with van der Waals surface area (Å²) in [5.74, 6) is -1.66. The first-order chi connectivity index (χ1) is 18.0. The maximum Gasteiger partial charge on any atom is 0.250 e. The molecule has 10 nitrogen and oxygen atoms in total. The predicted molar refractivity (Wildman–Crippen MR) is 149 cm³/mol. The number of rotatable bonds is 19. The van der Waals surface area contributed by atoms with Gasteiger partial charge in [-0.25, -0.2) is 5.06 Å². The third-order valence-electron chi connectivity index (χ3n) is 5.40. The molecule has 0 unspecified atom stereocenters. The van der Waals surface area contributed by atoms with Gasteiger partial charge in [0, 0.05) is 26.0 Å². The van der Waals surface area contributed by atoms with Crippen LogP contribution in [0.25, 0.3) is 0 Å². The smallest absolute Gasteiger partial charge is 0.250 e. The van der Waals surface area contributed by atoms with E-state index in [1.165, 1.54) is 11.8 Å². The lowest BCUT2D eigenvalue weighted by Crippen LogP contribution is -2.56. The predicted octanol–water partition coefficient (Wildman–Crippen LogP) is 3.39. The highest BCUT2D eigenvalue weighted by atomic mass is 32.2. The fourth-order valence-electron chi connectivity index (χ4n) is 3.66. The van der Waals surface area contributed by atoms with Crippen LogP contribution in [0.1, 0.15) is 47.5 Å². The number of hydrogen-bond acceptors (Lipinski definition) is 9. The number of ether oxygens (including phenoxy) is 3. The van der Waals surface area contributed by atoms with Crippen LogP contribution in [0, 0.1) is 17.3 Å². The first-order valence-corrected chi connectivity index (χ1v) is 14.7. The molecule has 2 atom stereocenters. The van der Waals surface area contributed by atoms with Crippen molar-refractivity contribution >= 4 is 40.8 Å². The number of hydrogen-bond donors (Lipinski definition) is 3. The van der Waals surface area contributed by atoms with Gasteiger partial charge in [0.2, 0.25) is 17.7 Å². The Hall–Kier alpha value is -1.70. The van der Waals surface area contributed by atoms with Crippen molar-refractivity contribution in [3.05, 3.63) is 17.5 Å². The SMILES string of the molecule is COCCOCCOCCNC(=O)[C@@H](N(O)C(=O)[C@@H](CC(=O)NCSc1cccs1)CC(C)C)C(C)(C)C. The number of nitrogens with zero attached hydrogens (tertiary/aromatic N) is 1. The minimum absolute atomic E-state index is 0.0716. The molecule has 0 saturated heterocycles. The molecule has 0 aliphatic carbocycles. The highest BCUT2D eigenvalue weighted by Gasteiger charge is 2.41. The molecule has 1 aromatic heterocycles. The van der Waals surface area contributed by atoms with Crippen LogP contribution >= 0.6 is 23.1 Å². The molecule has 1 rings (SSSR count). The molecule has 1 heterocycles. The molecular formula is C26H45N3O7S2. The van der Waals surface area contributed by atoms with Gasteiger partial charge in [0.25, 0.3) is 0 Å². The van der Waals surface area contributed by atoms with Gasteiger partial charge in [0.1, 0.15) is 6.04 Å². The number of nitrogens with one attached hydrogen (secondary N) is 2. The standard InChI is InChI=1S/C26H45N3O7S2/c1-19(2)16-20(17-21(30)28-18-38-22-8-7-15-37-22)25(32)29(33)23(26(3,4)5)24(31)27-9-10-35-13-14-36-12-11-34-6/h7-8,15,19-20,23,33H,9-14,16-18H2,1-6H3,(H,27,31)(H,28,30)/t20-,23-/m1/s1. The second-order valence-electron chi connectivity index (χ2n) is 10.3. The maximum absolute atomic E-state index is 13.4. The van der Waals surface area contributed by atoms with Gasteiger partial charge in [-0.2, -0.15) is 0 Å². The first-order valence-electron chi connectivity index (χ1n) is 12.8. The quantitative estimate of drug-likeness (QED) is 0.0754. The zero-order valence-electron chi connectivity index (χ0n) is 23.5. The molecule has 0 aliphatic heterocycles. The van der Waals surface area contributed by atoms with E-state index in [1.54, 1.807) is 39.2 Å². The summed E-state index contributed by atoms with van der Waals surface area (Å²) in [7, 11) is 1.60. The van der Waals surface area contributed by atoms with Crippen molar-refractivity contribution in [3.8, 4) is 0 Å². The van der Waals surface area contributed by atoms with Gasteiger partial charge < -0.3 is 24.8 Å². The zero-order chi connectivity index (χ0) is 28.6. The van der Waals surface area contributed by atoms with Crippen LogP contribution in [0.2, 0.25) is 0 Å². The summed E-state index contributed by atoms with van der Waals surface area (Å²) >= 11 is 3.10. The number of thiophene rings is 1. The van der Waals surface area contributed by atoms with Gasteiger partial charge in [-0.15, -0.1) is 11.3 Å². The van der Waals surface area contributed by atoms with Crippen LogP contribution in [0.5, 0.6) is 0 Å². The van der Waals surface area contributed by atoms with E-state index < -0.39 is 29.2 Å². The summed E-state index contributed by atoms with van der Waals surface area (Å²) in [5, 5.41) is 19.0. The summed E-state index contributed by atoms with van der Waals surface area (Å²) < 4.78 is 16.7. The number of amides is 3. The van der Waals surface area contributed by atoms with Crippen LogP contribution in [0.4, 0.5) is 0 Å². The van der Waals surface area contributed by atoms with Crippen LogP contribution in [0.3, 0.4) is 0 Å². The van der Waals surface area contributed by atoms with E-state index in [9.17, 15) is 19.6 Å². The topological polar surface area (TPSA) is 126 Å². The molecule has 0 bridgehead atoms. The Kier molecular flexibility index (Phi) is 16.8. The minimum Gasteiger partial charge on any atom is -0.382 e. The summed E-state index contributed by atoms with van der Waals surface area (Å²) in [6, 6.07) is 2.77. The van der Waals surface area contributed by atoms with E-state index in [4.69, 9.17) is 14.2 Å². The molecule has 0 saturated carbocycles. The molecule has 0 radical (unpaired) electrons. The zero-order valence-corrected chi connectivity index (χ0v) is 25.1. The van der Waals surface area contributed by atoms with Crippen molar-refractivity contribution in [1.29, 1.82) is 0 Å². The van der Waals surface area contributed by atoms with E-state index >= 15 is 0 Å². The summed E-state index contributed by atoms with van der Waals surface area (Å²) in [5.41, 5.74) is -0.757. The second-order valence-corrected chi connectivity index (χ2v) is 12.5. The van der Waals surface area contributed by atoms with E-state index in [-0.39, 0.29) is 31.4 Å². The van der Waals surface area contributed by atoms with Gasteiger partial charge >= 0.3 is 0 Å². The average Bonchev–Trinajstić information content (AvgIpc) is 3.34. The second kappa shape index (κ2) is 18.6. The molecule has 0 fully saturated rings. The molecule has 0 spiro atoms. The lowest BCUT2D eigenvalue weighted by molar-refractivity contribution is -0.194. The van der Waals surface area contributed by atoms with Gasteiger partial charge in [-0.1, -0.05) is 52.4 Å². The molecule has 3 N–H and O–H groups in total. The Morgan fingerprint density at radius 1 is 1.08 bits per heavy atom. The Labute approximate surface area is 235 Å². The number of hydroxylamine groups is 2. The highest BCUT2D eigenvalue weighted by molar-refractivity contribution is 8.01. The van der Waals surface area contributed by atoms with Gasteiger partial charge in [-0.3, -0.25) is 19.6 Å². The van der Waals surface area contributed by atoms with Crippen LogP contribution in [-0.2, 0) is 28.6 Å². The van der Waals surface area contributed by atoms with Crippen molar-refractivity contribution < 1.29 is 33.8 Å². The van der Waals surface area contributed by atoms with E-state index in [0.717, 1.165) is 4.21 Å². The molecule has 0 aliphatic rings. The van der Waals surface area contributed by atoms with Crippen LogP contribution in [-0.4, -0.2) is 86.6 Å². The highest BCUT2D eigenvalue weighted by Crippen LogP contribution is 2.27. The van der Waals surface area contributed by atoms with E-state index in [2.05, 4.69) is 10.6 Å². The summed E-state index contributed by atoms with van der Waals surface area (Å²) in [4.78, 5) is 39.0. The van der Waals surface area contributed by atoms with Gasteiger partial charge in [0.15, 0.2) is 0 Å². The Balaban J connectivity index is 2.67. The van der Waals surface area contributed by atoms with Crippen molar-refractivity contribution in [1.82, 2.24) is 15.7 Å². The van der Waals surface area contributed by atoms with Crippen molar-refractivity contribution in [2.45, 2.75) is 57.7 Å². The molecule has 1 aromatic rings. The lowest BCUT2D eigenvalue weighted by Gasteiger charge is -2.36.